The number of hydrogen-bond acceptors (Lipinski definition) is 4. The van der Waals surface area contributed by atoms with E-state index in [4.69, 9.17) is 0 Å². The molecule has 1 aromatic heterocycles. The number of nitrogens with one attached hydrogen (secondary N) is 1. The molecule has 2 aromatic carbocycles. The molecule has 1 amide bonds. The van der Waals surface area contributed by atoms with E-state index < -0.39 is 26.6 Å². The Morgan fingerprint density at radius 3 is 2.48 bits per heavy atom. The topological polar surface area (TPSA) is 84.3 Å². The lowest BCUT2D eigenvalue weighted by Crippen LogP contribution is -2.29. The minimum atomic E-state index is -3.96. The fourth-order valence-electron chi connectivity index (χ4n) is 4.04. The van der Waals surface area contributed by atoms with Crippen LogP contribution in [0, 0.1) is 19.7 Å². The van der Waals surface area contributed by atoms with Crippen molar-refractivity contribution in [3.8, 4) is 0 Å². The predicted octanol–water partition coefficient (Wildman–Crippen LogP) is 3.40. The lowest BCUT2D eigenvalue weighted by atomic mass is 10.1. The van der Waals surface area contributed by atoms with Crippen LogP contribution >= 0.6 is 0 Å². The normalized spacial score (nSPS) is 14.5. The largest absolute Gasteiger partial charge is 0.348 e. The summed E-state index contributed by atoms with van der Waals surface area (Å²) in [5.41, 5.74) is 4.08. The number of rotatable bonds is 7. The minimum absolute atomic E-state index is 0.105. The molecule has 1 saturated heterocycles. The van der Waals surface area contributed by atoms with Crippen molar-refractivity contribution in [2.45, 2.75) is 44.7 Å². The maximum atomic E-state index is 14.3. The van der Waals surface area contributed by atoms with Crippen molar-refractivity contribution in [2.75, 3.05) is 13.1 Å². The van der Waals surface area contributed by atoms with Gasteiger partial charge in [-0.2, -0.15) is 9.40 Å². The van der Waals surface area contributed by atoms with Crippen LogP contribution in [-0.2, 0) is 23.1 Å². The molecule has 0 saturated carbocycles. The molecule has 33 heavy (non-hydrogen) atoms. The van der Waals surface area contributed by atoms with E-state index >= 15 is 0 Å². The van der Waals surface area contributed by atoms with Gasteiger partial charge in [0.1, 0.15) is 10.7 Å². The van der Waals surface area contributed by atoms with Crippen LogP contribution in [0.15, 0.2) is 53.4 Å². The van der Waals surface area contributed by atoms with Crippen LogP contribution in [0.5, 0.6) is 0 Å². The maximum Gasteiger partial charge on any atom is 0.251 e. The fourth-order valence-corrected chi connectivity index (χ4v) is 5.65. The highest BCUT2D eigenvalue weighted by Gasteiger charge is 2.30. The molecule has 0 aliphatic carbocycles. The van der Waals surface area contributed by atoms with Gasteiger partial charge in [0.05, 0.1) is 12.2 Å². The molecular formula is C24H27FN4O3S. The Morgan fingerprint density at radius 2 is 1.79 bits per heavy atom. The molecule has 1 aliphatic rings. The van der Waals surface area contributed by atoms with E-state index in [1.54, 1.807) is 0 Å². The van der Waals surface area contributed by atoms with Gasteiger partial charge in [0, 0.05) is 30.9 Å². The first-order chi connectivity index (χ1) is 15.7. The summed E-state index contributed by atoms with van der Waals surface area (Å²) >= 11 is 0. The molecule has 0 unspecified atom stereocenters. The Hall–Kier alpha value is -3.04. The quantitative estimate of drug-likeness (QED) is 0.574. The maximum absolute atomic E-state index is 14.3. The molecule has 4 rings (SSSR count). The van der Waals surface area contributed by atoms with Gasteiger partial charge in [-0.15, -0.1) is 0 Å². The van der Waals surface area contributed by atoms with Gasteiger partial charge < -0.3 is 5.32 Å². The van der Waals surface area contributed by atoms with Gasteiger partial charge >= 0.3 is 0 Å². The first kappa shape index (κ1) is 23.1. The number of amides is 1. The predicted molar refractivity (Wildman–Crippen MR) is 123 cm³/mol. The van der Waals surface area contributed by atoms with Crippen molar-refractivity contribution in [3.05, 3.63) is 82.4 Å². The third kappa shape index (κ3) is 5.15. The van der Waals surface area contributed by atoms with Gasteiger partial charge in [0.2, 0.25) is 10.0 Å². The SMILES string of the molecule is Cc1cc(C)n(Cc2cccc(CNC(=O)c3ccc(F)c(S(=O)(=O)N4CCCC4)c3)c2)n1. The van der Waals surface area contributed by atoms with E-state index in [-0.39, 0.29) is 12.1 Å². The summed E-state index contributed by atoms with van der Waals surface area (Å²) in [6, 6.07) is 13.3. The Labute approximate surface area is 193 Å². The van der Waals surface area contributed by atoms with Gasteiger partial charge in [-0.25, -0.2) is 12.8 Å². The first-order valence-corrected chi connectivity index (χ1v) is 12.3. The second-order valence-corrected chi connectivity index (χ2v) is 10.3. The van der Waals surface area contributed by atoms with E-state index in [1.165, 1.54) is 10.4 Å². The molecular weight excluding hydrogens is 443 g/mol. The minimum Gasteiger partial charge on any atom is -0.348 e. The zero-order chi connectivity index (χ0) is 23.6. The van der Waals surface area contributed by atoms with E-state index in [0.717, 1.165) is 47.5 Å². The lowest BCUT2D eigenvalue weighted by molar-refractivity contribution is 0.0950. The molecule has 7 nitrogen and oxygen atoms in total. The van der Waals surface area contributed by atoms with Crippen LogP contribution in [0.1, 0.15) is 45.7 Å². The summed E-state index contributed by atoms with van der Waals surface area (Å²) in [6.45, 7) is 5.57. The average molecular weight is 471 g/mol. The van der Waals surface area contributed by atoms with E-state index in [1.807, 2.05) is 48.9 Å². The average Bonchev–Trinajstić information content (AvgIpc) is 3.43. The first-order valence-electron chi connectivity index (χ1n) is 10.9. The molecule has 9 heteroatoms. The zero-order valence-electron chi connectivity index (χ0n) is 18.7. The molecule has 174 valence electrons. The Balaban J connectivity index is 1.45. The van der Waals surface area contributed by atoms with Crippen molar-refractivity contribution in [3.63, 3.8) is 0 Å². The Morgan fingerprint density at radius 1 is 1.06 bits per heavy atom. The number of nitrogens with zero attached hydrogens (tertiary/aromatic N) is 3. The van der Waals surface area contributed by atoms with Crippen LogP contribution in [0.4, 0.5) is 4.39 Å². The molecule has 0 spiro atoms. The molecule has 3 aromatic rings. The highest BCUT2D eigenvalue weighted by Crippen LogP contribution is 2.24. The molecule has 1 N–H and O–H groups in total. The molecule has 0 atom stereocenters. The number of sulfonamides is 1. The molecule has 2 heterocycles. The van der Waals surface area contributed by atoms with Crippen molar-refractivity contribution in [1.82, 2.24) is 19.4 Å². The van der Waals surface area contributed by atoms with Gasteiger partial charge in [-0.3, -0.25) is 9.48 Å². The van der Waals surface area contributed by atoms with Crippen molar-refractivity contribution >= 4 is 15.9 Å². The Bertz CT molecular complexity index is 1280. The summed E-state index contributed by atoms with van der Waals surface area (Å²) in [4.78, 5) is 12.2. The van der Waals surface area contributed by atoms with Crippen LogP contribution in [-0.4, -0.2) is 41.5 Å². The van der Waals surface area contributed by atoms with E-state index in [2.05, 4.69) is 10.4 Å². The third-order valence-corrected chi connectivity index (χ3v) is 7.67. The molecule has 1 fully saturated rings. The monoisotopic (exact) mass is 470 g/mol. The smallest absolute Gasteiger partial charge is 0.251 e. The summed E-state index contributed by atoms with van der Waals surface area (Å²) in [7, 11) is -3.96. The fraction of sp³-hybridized carbons (Fsp3) is 0.333. The molecule has 0 bridgehead atoms. The third-order valence-electron chi connectivity index (χ3n) is 5.76. The van der Waals surface area contributed by atoms with Gasteiger partial charge in [-0.05, 0) is 62.1 Å². The lowest BCUT2D eigenvalue weighted by Gasteiger charge is -2.16. The Kier molecular flexibility index (Phi) is 6.62. The zero-order valence-corrected chi connectivity index (χ0v) is 19.5. The molecule has 0 radical (unpaired) electrons. The highest BCUT2D eigenvalue weighted by molar-refractivity contribution is 7.89. The van der Waals surface area contributed by atoms with Gasteiger partial charge in [0.15, 0.2) is 0 Å². The molecule has 1 aliphatic heterocycles. The van der Waals surface area contributed by atoms with Crippen molar-refractivity contribution in [2.24, 2.45) is 0 Å². The number of carbonyl (C=O) groups is 1. The standard InChI is InChI=1S/C24H27FN4O3S/c1-17-12-18(2)29(27-17)16-20-7-5-6-19(13-20)15-26-24(30)21-8-9-22(25)23(14-21)33(31,32)28-10-3-4-11-28/h5-9,12-14H,3-4,10-11,15-16H2,1-2H3,(H,26,30). The number of aryl methyl sites for hydroxylation is 2. The van der Waals surface area contributed by atoms with Crippen LogP contribution in [0.2, 0.25) is 0 Å². The van der Waals surface area contributed by atoms with Crippen LogP contribution < -0.4 is 5.32 Å². The van der Waals surface area contributed by atoms with E-state index in [9.17, 15) is 17.6 Å². The second kappa shape index (κ2) is 9.44. The highest BCUT2D eigenvalue weighted by atomic mass is 32.2. The number of hydrogen-bond donors (Lipinski definition) is 1. The number of benzene rings is 2. The van der Waals surface area contributed by atoms with Crippen molar-refractivity contribution < 1.29 is 17.6 Å². The number of carbonyl (C=O) groups excluding carboxylic acids is 1. The number of aromatic nitrogens is 2. The van der Waals surface area contributed by atoms with E-state index in [0.29, 0.717) is 19.6 Å². The summed E-state index contributed by atoms with van der Waals surface area (Å²) in [6.07, 6.45) is 1.50. The summed E-state index contributed by atoms with van der Waals surface area (Å²) in [5, 5.41) is 7.27. The summed E-state index contributed by atoms with van der Waals surface area (Å²) in [5.74, 6) is -1.31. The van der Waals surface area contributed by atoms with Crippen molar-refractivity contribution in [1.29, 1.82) is 0 Å². The van der Waals surface area contributed by atoms with Gasteiger partial charge in [-0.1, -0.05) is 24.3 Å². The summed E-state index contributed by atoms with van der Waals surface area (Å²) < 4.78 is 43.1. The van der Waals surface area contributed by atoms with Crippen LogP contribution in [0.25, 0.3) is 0 Å². The van der Waals surface area contributed by atoms with Crippen LogP contribution in [0.3, 0.4) is 0 Å². The van der Waals surface area contributed by atoms with Gasteiger partial charge in [0.25, 0.3) is 5.91 Å². The second-order valence-electron chi connectivity index (χ2n) is 8.34. The number of halogens is 1.